The molecule has 0 aliphatic carbocycles. The summed E-state index contributed by atoms with van der Waals surface area (Å²) in [6, 6.07) is 3.59. The van der Waals surface area contributed by atoms with Gasteiger partial charge in [-0.2, -0.15) is 11.8 Å². The first-order valence-corrected chi connectivity index (χ1v) is 6.99. The second-order valence-electron chi connectivity index (χ2n) is 3.81. The van der Waals surface area contributed by atoms with Crippen LogP contribution in [0.3, 0.4) is 0 Å². The first-order valence-electron chi connectivity index (χ1n) is 5.84. The van der Waals surface area contributed by atoms with E-state index < -0.39 is 0 Å². The van der Waals surface area contributed by atoms with Crippen LogP contribution in [0.25, 0.3) is 0 Å². The summed E-state index contributed by atoms with van der Waals surface area (Å²) in [5.41, 5.74) is 6.45. The number of hydrogen-bond donors (Lipinski definition) is 1. The standard InChI is InChI=1S/C13H15N3OS/c14-5-1-3-11-4-2-6-15-12(11)13(17)16-7-9-18-10-8-16/h2,4,6H,5,7-10,14H2. The van der Waals surface area contributed by atoms with Crippen LogP contribution >= 0.6 is 11.8 Å². The van der Waals surface area contributed by atoms with E-state index >= 15 is 0 Å². The number of amides is 1. The maximum atomic E-state index is 12.3. The minimum atomic E-state index is -0.0304. The Morgan fingerprint density at radius 3 is 3.00 bits per heavy atom. The Bertz CT molecular complexity index is 486. The molecule has 1 amide bonds. The van der Waals surface area contributed by atoms with Gasteiger partial charge in [-0.05, 0) is 12.1 Å². The highest BCUT2D eigenvalue weighted by atomic mass is 32.2. The molecule has 0 unspecified atom stereocenters. The zero-order valence-electron chi connectivity index (χ0n) is 10.1. The van der Waals surface area contributed by atoms with Crippen molar-refractivity contribution in [3.05, 3.63) is 29.6 Å². The molecule has 1 saturated heterocycles. The Hall–Kier alpha value is -1.51. The van der Waals surface area contributed by atoms with E-state index in [0.29, 0.717) is 11.3 Å². The van der Waals surface area contributed by atoms with E-state index in [1.54, 1.807) is 12.3 Å². The van der Waals surface area contributed by atoms with Crippen molar-refractivity contribution in [1.29, 1.82) is 0 Å². The smallest absolute Gasteiger partial charge is 0.273 e. The zero-order chi connectivity index (χ0) is 12.8. The molecule has 1 aliphatic rings. The molecule has 1 aliphatic heterocycles. The van der Waals surface area contributed by atoms with E-state index in [9.17, 15) is 4.79 Å². The quantitative estimate of drug-likeness (QED) is 0.751. The van der Waals surface area contributed by atoms with E-state index in [1.165, 1.54) is 0 Å². The molecule has 5 heteroatoms. The molecule has 18 heavy (non-hydrogen) atoms. The van der Waals surface area contributed by atoms with Crippen LogP contribution in [0.2, 0.25) is 0 Å². The van der Waals surface area contributed by atoms with Crippen molar-refractivity contribution in [2.24, 2.45) is 5.73 Å². The highest BCUT2D eigenvalue weighted by Crippen LogP contribution is 2.13. The number of rotatable bonds is 1. The summed E-state index contributed by atoms with van der Waals surface area (Å²) >= 11 is 1.87. The van der Waals surface area contributed by atoms with Gasteiger partial charge in [0.2, 0.25) is 0 Å². The van der Waals surface area contributed by atoms with Gasteiger partial charge in [0.15, 0.2) is 0 Å². The Labute approximate surface area is 111 Å². The third-order valence-electron chi connectivity index (χ3n) is 2.63. The van der Waals surface area contributed by atoms with Gasteiger partial charge in [-0.3, -0.25) is 4.79 Å². The first kappa shape index (κ1) is 12.9. The lowest BCUT2D eigenvalue weighted by molar-refractivity contribution is 0.0766. The van der Waals surface area contributed by atoms with Crippen molar-refractivity contribution in [3.63, 3.8) is 0 Å². The van der Waals surface area contributed by atoms with Crippen LogP contribution in [0.15, 0.2) is 18.3 Å². The Balaban J connectivity index is 2.23. The summed E-state index contributed by atoms with van der Waals surface area (Å²) in [5.74, 6) is 7.61. The lowest BCUT2D eigenvalue weighted by Crippen LogP contribution is -2.38. The molecule has 2 N–H and O–H groups in total. The number of nitrogens with two attached hydrogens (primary N) is 1. The van der Waals surface area contributed by atoms with Crippen LogP contribution < -0.4 is 5.73 Å². The highest BCUT2D eigenvalue weighted by Gasteiger charge is 2.21. The minimum Gasteiger partial charge on any atom is -0.336 e. The van der Waals surface area contributed by atoms with Gasteiger partial charge in [-0.1, -0.05) is 11.8 Å². The average molecular weight is 261 g/mol. The topological polar surface area (TPSA) is 59.2 Å². The molecule has 0 aromatic carbocycles. The SMILES string of the molecule is NCC#Cc1cccnc1C(=O)N1CCSCC1. The second kappa shape index (κ2) is 6.43. The predicted molar refractivity (Wildman–Crippen MR) is 73.4 cm³/mol. The molecular weight excluding hydrogens is 246 g/mol. The van der Waals surface area contributed by atoms with Crippen molar-refractivity contribution in [2.75, 3.05) is 31.1 Å². The fourth-order valence-electron chi connectivity index (χ4n) is 1.74. The summed E-state index contributed by atoms with van der Waals surface area (Å²) in [4.78, 5) is 18.3. The third-order valence-corrected chi connectivity index (χ3v) is 3.58. The van der Waals surface area contributed by atoms with Gasteiger partial charge in [0.1, 0.15) is 5.69 Å². The normalized spacial score (nSPS) is 14.8. The summed E-state index contributed by atoms with van der Waals surface area (Å²) in [7, 11) is 0. The average Bonchev–Trinajstić information content (AvgIpc) is 2.45. The molecule has 2 heterocycles. The van der Waals surface area contributed by atoms with Crippen LogP contribution in [-0.2, 0) is 0 Å². The molecule has 94 valence electrons. The largest absolute Gasteiger partial charge is 0.336 e. The molecule has 1 aromatic heterocycles. The molecule has 1 aromatic rings. The molecule has 0 atom stereocenters. The van der Waals surface area contributed by atoms with Gasteiger partial charge in [-0.15, -0.1) is 0 Å². The maximum Gasteiger partial charge on any atom is 0.273 e. The summed E-state index contributed by atoms with van der Waals surface area (Å²) in [5, 5.41) is 0. The molecule has 1 fully saturated rings. The van der Waals surface area contributed by atoms with Crippen LogP contribution in [0, 0.1) is 11.8 Å². The van der Waals surface area contributed by atoms with E-state index in [1.807, 2.05) is 22.7 Å². The second-order valence-corrected chi connectivity index (χ2v) is 5.03. The summed E-state index contributed by atoms with van der Waals surface area (Å²) in [6.07, 6.45) is 1.62. The fraction of sp³-hybridized carbons (Fsp3) is 0.385. The number of carbonyl (C=O) groups is 1. The molecule has 2 rings (SSSR count). The van der Waals surface area contributed by atoms with Gasteiger partial charge in [0, 0.05) is 30.8 Å². The number of thioether (sulfide) groups is 1. The fourth-order valence-corrected chi connectivity index (χ4v) is 2.64. The van der Waals surface area contributed by atoms with Crippen molar-refractivity contribution in [1.82, 2.24) is 9.88 Å². The van der Waals surface area contributed by atoms with Crippen molar-refractivity contribution >= 4 is 17.7 Å². The lowest BCUT2D eigenvalue weighted by Gasteiger charge is -2.26. The van der Waals surface area contributed by atoms with Crippen LogP contribution in [-0.4, -0.2) is 46.9 Å². The number of aromatic nitrogens is 1. The molecule has 0 spiro atoms. The molecule has 0 bridgehead atoms. The third kappa shape index (κ3) is 3.03. The maximum absolute atomic E-state index is 12.3. The summed E-state index contributed by atoms with van der Waals surface area (Å²) < 4.78 is 0. The van der Waals surface area contributed by atoms with Gasteiger partial charge in [-0.25, -0.2) is 4.98 Å². The molecule has 0 radical (unpaired) electrons. The predicted octanol–water partition coefficient (Wildman–Crippen LogP) is 0.581. The van der Waals surface area contributed by atoms with Gasteiger partial charge < -0.3 is 10.6 Å². The monoisotopic (exact) mass is 261 g/mol. The van der Waals surface area contributed by atoms with E-state index in [-0.39, 0.29) is 12.5 Å². The molecular formula is C13H15N3OS. The number of carbonyl (C=O) groups excluding carboxylic acids is 1. The van der Waals surface area contributed by atoms with Crippen molar-refractivity contribution in [2.45, 2.75) is 0 Å². The zero-order valence-corrected chi connectivity index (χ0v) is 10.9. The highest BCUT2D eigenvalue weighted by molar-refractivity contribution is 7.99. The lowest BCUT2D eigenvalue weighted by atomic mass is 10.1. The first-order chi connectivity index (χ1) is 8.83. The van der Waals surface area contributed by atoms with E-state index in [4.69, 9.17) is 5.73 Å². The van der Waals surface area contributed by atoms with Crippen LogP contribution in [0.1, 0.15) is 16.1 Å². The van der Waals surface area contributed by atoms with Crippen LogP contribution in [0.4, 0.5) is 0 Å². The Kier molecular flexibility index (Phi) is 4.62. The van der Waals surface area contributed by atoms with Gasteiger partial charge in [0.25, 0.3) is 5.91 Å². The molecule has 0 saturated carbocycles. The minimum absolute atomic E-state index is 0.0304. The Morgan fingerprint density at radius 1 is 1.50 bits per heavy atom. The van der Waals surface area contributed by atoms with Crippen molar-refractivity contribution in [3.8, 4) is 11.8 Å². The Morgan fingerprint density at radius 2 is 2.28 bits per heavy atom. The summed E-state index contributed by atoms with van der Waals surface area (Å²) in [6.45, 7) is 1.84. The van der Waals surface area contributed by atoms with Crippen molar-refractivity contribution < 1.29 is 4.79 Å². The number of hydrogen-bond acceptors (Lipinski definition) is 4. The van der Waals surface area contributed by atoms with E-state index in [0.717, 1.165) is 24.6 Å². The number of nitrogens with zero attached hydrogens (tertiary/aromatic N) is 2. The van der Waals surface area contributed by atoms with E-state index in [2.05, 4.69) is 16.8 Å². The molecule has 4 nitrogen and oxygen atoms in total. The number of pyridine rings is 1. The van der Waals surface area contributed by atoms with Gasteiger partial charge in [0.05, 0.1) is 12.1 Å². The van der Waals surface area contributed by atoms with Crippen LogP contribution in [0.5, 0.6) is 0 Å². The van der Waals surface area contributed by atoms with Gasteiger partial charge >= 0.3 is 0 Å².